The zero-order valence-electron chi connectivity index (χ0n) is 25.8. The number of aliphatic hydroxyl groups is 2. The van der Waals surface area contributed by atoms with E-state index in [1.807, 2.05) is 30.5 Å². The van der Waals surface area contributed by atoms with E-state index < -0.39 is 6.10 Å². The fourth-order valence-electron chi connectivity index (χ4n) is 6.66. The number of phenols is 1. The summed E-state index contributed by atoms with van der Waals surface area (Å²) in [6.45, 7) is 3.75. The molecule has 1 aliphatic carbocycles. The molecule has 5 unspecified atom stereocenters. The van der Waals surface area contributed by atoms with Crippen LogP contribution in [0.15, 0.2) is 60.1 Å². The van der Waals surface area contributed by atoms with E-state index in [9.17, 15) is 15.3 Å². The van der Waals surface area contributed by atoms with Crippen LogP contribution in [0, 0.1) is 17.8 Å². The number of aromatic amines is 1. The Morgan fingerprint density at radius 1 is 1.09 bits per heavy atom. The normalized spacial score (nSPS) is 21.2. The third-order valence-electron chi connectivity index (χ3n) is 9.24. The molecule has 0 saturated heterocycles. The van der Waals surface area contributed by atoms with Crippen LogP contribution >= 0.6 is 0 Å². The maximum atomic E-state index is 11.0. The summed E-state index contributed by atoms with van der Waals surface area (Å²) in [6.07, 6.45) is 16.2. The first-order valence-electron chi connectivity index (χ1n) is 16.3. The van der Waals surface area contributed by atoms with Gasteiger partial charge in [-0.1, -0.05) is 44.7 Å². The predicted molar refractivity (Wildman–Crippen MR) is 171 cm³/mol. The highest BCUT2D eigenvalue weighted by atomic mass is 16.5. The summed E-state index contributed by atoms with van der Waals surface area (Å²) >= 11 is 0. The molecule has 8 nitrogen and oxygen atoms in total. The molecule has 0 bridgehead atoms. The SMILES string of the molecule is CCC1CCCC(C(CC(O)CCc2ccc(O)c(OCCC(Cc3ccc[nH]3)C3=CCNC(N)=C3)c2)OCCO)CC1. The number of benzene rings is 1. The zero-order chi connectivity index (χ0) is 30.4. The number of hydrogen-bond acceptors (Lipinski definition) is 7. The van der Waals surface area contributed by atoms with Crippen molar-refractivity contribution in [2.45, 2.75) is 89.8 Å². The molecule has 8 heteroatoms. The molecule has 0 spiro atoms. The number of ether oxygens (including phenoxy) is 2. The Hall–Kier alpha value is -2.94. The number of aliphatic hydroxyl groups excluding tert-OH is 2. The molecule has 1 saturated carbocycles. The first-order valence-corrected chi connectivity index (χ1v) is 16.3. The third kappa shape index (κ3) is 10.6. The Morgan fingerprint density at radius 2 is 1.98 bits per heavy atom. The fraction of sp³-hybridized carbons (Fsp3) is 0.600. The molecule has 0 amide bonds. The molecular formula is C35H53N3O5. The van der Waals surface area contributed by atoms with Gasteiger partial charge in [-0.15, -0.1) is 0 Å². The average molecular weight is 596 g/mol. The van der Waals surface area contributed by atoms with Crippen LogP contribution in [0.4, 0.5) is 0 Å². The summed E-state index contributed by atoms with van der Waals surface area (Å²) in [4.78, 5) is 3.30. The number of aromatic nitrogens is 1. The van der Waals surface area contributed by atoms with Crippen molar-refractivity contribution in [3.63, 3.8) is 0 Å². The number of dihydropyridines is 1. The van der Waals surface area contributed by atoms with Crippen molar-refractivity contribution in [3.8, 4) is 11.5 Å². The quantitative estimate of drug-likeness (QED) is 0.136. The third-order valence-corrected chi connectivity index (χ3v) is 9.24. The number of nitrogens with two attached hydrogens (primary N) is 1. The maximum Gasteiger partial charge on any atom is 0.161 e. The van der Waals surface area contributed by atoms with E-state index in [0.29, 0.717) is 56.5 Å². The molecule has 1 aromatic carbocycles. The molecule has 238 valence electrons. The summed E-state index contributed by atoms with van der Waals surface area (Å²) in [5.41, 5.74) is 9.41. The molecule has 2 aliphatic rings. The van der Waals surface area contributed by atoms with Gasteiger partial charge in [0.2, 0.25) is 0 Å². The second-order valence-electron chi connectivity index (χ2n) is 12.3. The van der Waals surface area contributed by atoms with Gasteiger partial charge < -0.3 is 40.8 Å². The van der Waals surface area contributed by atoms with Gasteiger partial charge in [0.1, 0.15) is 0 Å². The molecule has 5 atom stereocenters. The van der Waals surface area contributed by atoms with Gasteiger partial charge in [-0.05, 0) is 104 Å². The lowest BCUT2D eigenvalue weighted by molar-refractivity contribution is -0.0372. The van der Waals surface area contributed by atoms with Crippen molar-refractivity contribution in [2.24, 2.45) is 23.5 Å². The van der Waals surface area contributed by atoms with Gasteiger partial charge in [0.05, 0.1) is 37.8 Å². The molecule has 43 heavy (non-hydrogen) atoms. The molecule has 7 N–H and O–H groups in total. The Morgan fingerprint density at radius 3 is 2.74 bits per heavy atom. The number of aryl methyl sites for hydroxylation is 1. The van der Waals surface area contributed by atoms with E-state index >= 15 is 0 Å². The monoisotopic (exact) mass is 595 g/mol. The minimum absolute atomic E-state index is 0.000539. The van der Waals surface area contributed by atoms with Gasteiger partial charge in [-0.2, -0.15) is 0 Å². The highest BCUT2D eigenvalue weighted by molar-refractivity contribution is 5.42. The average Bonchev–Trinajstić information content (AvgIpc) is 3.41. The lowest BCUT2D eigenvalue weighted by Gasteiger charge is -2.28. The smallest absolute Gasteiger partial charge is 0.161 e. The standard InChI is InChI=1S/C35H53N3O5/c1-2-25-5-3-6-27(11-8-25)33(43-20-18-39)24-31(40)12-9-26-10-13-32(41)34(21-26)42-19-15-29(22-30-7-4-16-37-30)28-14-17-38-35(36)23-28/h4,7,10,13-14,16,21,23,25,27,29,31,33,37-41H,2-3,5-6,8-9,11-12,15,17-20,22,24,36H2,1H3. The topological polar surface area (TPSA) is 133 Å². The largest absolute Gasteiger partial charge is 0.504 e. The lowest BCUT2D eigenvalue weighted by Crippen LogP contribution is -2.30. The van der Waals surface area contributed by atoms with E-state index in [-0.39, 0.29) is 24.4 Å². The van der Waals surface area contributed by atoms with Crippen molar-refractivity contribution in [1.29, 1.82) is 0 Å². The van der Waals surface area contributed by atoms with E-state index in [1.54, 1.807) is 6.07 Å². The van der Waals surface area contributed by atoms with Crippen molar-refractivity contribution in [1.82, 2.24) is 10.3 Å². The molecule has 1 aromatic heterocycles. The van der Waals surface area contributed by atoms with Gasteiger partial charge >= 0.3 is 0 Å². The van der Waals surface area contributed by atoms with Crippen LogP contribution < -0.4 is 15.8 Å². The molecule has 1 aliphatic heterocycles. The second-order valence-corrected chi connectivity index (χ2v) is 12.3. The number of hydrogen-bond donors (Lipinski definition) is 6. The molecule has 1 fully saturated rings. The van der Waals surface area contributed by atoms with E-state index in [2.05, 4.69) is 29.4 Å². The molecule has 4 rings (SSSR count). The first-order chi connectivity index (χ1) is 20.9. The number of allylic oxidation sites excluding steroid dienone is 2. The van der Waals surface area contributed by atoms with E-state index in [0.717, 1.165) is 42.9 Å². The van der Waals surface area contributed by atoms with Crippen LogP contribution in [-0.2, 0) is 17.6 Å². The highest BCUT2D eigenvalue weighted by Gasteiger charge is 2.28. The van der Waals surface area contributed by atoms with Crippen LogP contribution in [0.5, 0.6) is 11.5 Å². The Bertz CT molecular complexity index is 1150. The van der Waals surface area contributed by atoms with Crippen LogP contribution in [0.2, 0.25) is 0 Å². The minimum Gasteiger partial charge on any atom is -0.504 e. The van der Waals surface area contributed by atoms with Crippen LogP contribution in [0.25, 0.3) is 0 Å². The Kier molecular flexibility index (Phi) is 13.3. The zero-order valence-corrected chi connectivity index (χ0v) is 25.8. The fourth-order valence-corrected chi connectivity index (χ4v) is 6.66. The van der Waals surface area contributed by atoms with Gasteiger partial charge in [0.15, 0.2) is 11.5 Å². The first kappa shape index (κ1) is 33.0. The van der Waals surface area contributed by atoms with Gasteiger partial charge in [-0.3, -0.25) is 0 Å². The highest BCUT2D eigenvalue weighted by Crippen LogP contribution is 2.34. The number of H-pyrrole nitrogens is 1. The molecule has 2 aromatic rings. The minimum atomic E-state index is -0.500. The van der Waals surface area contributed by atoms with Gasteiger partial charge in [0, 0.05) is 18.4 Å². The van der Waals surface area contributed by atoms with Crippen molar-refractivity contribution in [2.75, 3.05) is 26.4 Å². The molecule has 2 heterocycles. The predicted octanol–water partition coefficient (Wildman–Crippen LogP) is 5.35. The summed E-state index contributed by atoms with van der Waals surface area (Å²) in [5, 5.41) is 34.0. The lowest BCUT2D eigenvalue weighted by atomic mass is 9.88. The number of rotatable bonds is 17. The van der Waals surface area contributed by atoms with Gasteiger partial charge in [-0.25, -0.2) is 0 Å². The number of nitrogens with one attached hydrogen (secondary N) is 2. The van der Waals surface area contributed by atoms with Crippen LogP contribution in [-0.4, -0.2) is 58.9 Å². The second kappa shape index (κ2) is 17.4. The Balaban J connectivity index is 1.30. The van der Waals surface area contributed by atoms with E-state index in [4.69, 9.17) is 15.2 Å². The summed E-state index contributed by atoms with van der Waals surface area (Å²) in [6, 6.07) is 9.55. The number of phenolic OH excluding ortho intramolecular Hbond substituents is 1. The van der Waals surface area contributed by atoms with Crippen molar-refractivity contribution < 1.29 is 24.8 Å². The van der Waals surface area contributed by atoms with Crippen molar-refractivity contribution in [3.05, 3.63) is 71.3 Å². The summed E-state index contributed by atoms with van der Waals surface area (Å²) in [7, 11) is 0. The number of aromatic hydroxyl groups is 1. The van der Waals surface area contributed by atoms with Gasteiger partial charge in [0.25, 0.3) is 0 Å². The van der Waals surface area contributed by atoms with Crippen LogP contribution in [0.3, 0.4) is 0 Å². The van der Waals surface area contributed by atoms with Crippen molar-refractivity contribution >= 4 is 0 Å². The maximum absolute atomic E-state index is 11.0. The Labute approximate surface area is 257 Å². The summed E-state index contributed by atoms with van der Waals surface area (Å²) < 4.78 is 12.2. The summed E-state index contributed by atoms with van der Waals surface area (Å²) in [5.74, 6) is 2.70. The van der Waals surface area contributed by atoms with E-state index in [1.165, 1.54) is 31.3 Å². The van der Waals surface area contributed by atoms with Crippen LogP contribution in [0.1, 0.15) is 76.0 Å². The molecular weight excluding hydrogens is 542 g/mol. The molecule has 0 radical (unpaired) electrons.